The molecule has 0 saturated heterocycles. The molecular weight excluding hydrogens is 271 g/mol. The number of halogens is 1. The van der Waals surface area contributed by atoms with Crippen LogP contribution in [0.4, 0.5) is 4.39 Å². The predicted molar refractivity (Wildman–Crippen MR) is 77.2 cm³/mol. The minimum absolute atomic E-state index is 0.0310. The van der Waals surface area contributed by atoms with Crippen molar-refractivity contribution in [3.63, 3.8) is 0 Å². The number of hydrogen-bond acceptors (Lipinski definition) is 3. The highest BCUT2D eigenvalue weighted by atomic mass is 19.1. The number of rotatable bonds is 4. The van der Waals surface area contributed by atoms with Crippen LogP contribution >= 0.6 is 0 Å². The van der Waals surface area contributed by atoms with Crippen LogP contribution in [-0.4, -0.2) is 19.2 Å². The molecule has 2 aliphatic carbocycles. The lowest BCUT2D eigenvalue weighted by molar-refractivity contribution is 0.0587. The van der Waals surface area contributed by atoms with Crippen LogP contribution in [0, 0.1) is 5.82 Å². The Morgan fingerprint density at radius 3 is 2.52 bits per heavy atom. The largest absolute Gasteiger partial charge is 0.489 e. The molecule has 0 N–H and O–H groups in total. The predicted octanol–water partition coefficient (Wildman–Crippen LogP) is 3.99. The zero-order valence-corrected chi connectivity index (χ0v) is 12.6. The first-order valence-corrected chi connectivity index (χ1v) is 7.62. The van der Waals surface area contributed by atoms with Crippen molar-refractivity contribution in [1.29, 1.82) is 0 Å². The molecular formula is C17H21FO3. The molecule has 0 spiro atoms. The Bertz CT molecular complexity index is 557. The van der Waals surface area contributed by atoms with Crippen LogP contribution in [0.15, 0.2) is 12.1 Å². The summed E-state index contributed by atoms with van der Waals surface area (Å²) in [4.78, 5) is 11.9. The second kappa shape index (κ2) is 5.32. The zero-order chi connectivity index (χ0) is 15.0. The van der Waals surface area contributed by atoms with Crippen molar-refractivity contribution in [3.8, 4) is 5.75 Å². The molecule has 0 heterocycles. The van der Waals surface area contributed by atoms with Crippen molar-refractivity contribution >= 4 is 5.97 Å². The van der Waals surface area contributed by atoms with Gasteiger partial charge in [0.1, 0.15) is 17.1 Å². The molecule has 0 bridgehead atoms. The molecule has 0 aliphatic heterocycles. The average molecular weight is 292 g/mol. The molecule has 21 heavy (non-hydrogen) atoms. The average Bonchev–Trinajstić information content (AvgIpc) is 3.00. The smallest absolute Gasteiger partial charge is 0.344 e. The highest BCUT2D eigenvalue weighted by molar-refractivity contribution is 5.93. The molecule has 0 unspecified atom stereocenters. The molecule has 0 aromatic heterocycles. The molecule has 2 fully saturated rings. The summed E-state index contributed by atoms with van der Waals surface area (Å²) in [6.07, 6.45) is 6.35. The summed E-state index contributed by atoms with van der Waals surface area (Å²) in [6.45, 7) is 2.11. The number of benzene rings is 1. The number of hydrogen-bond donors (Lipinski definition) is 0. The fraction of sp³-hybridized carbons (Fsp3) is 0.588. The lowest BCUT2D eigenvalue weighted by Crippen LogP contribution is -2.17. The molecule has 114 valence electrons. The summed E-state index contributed by atoms with van der Waals surface area (Å²) in [7, 11) is 1.26. The lowest BCUT2D eigenvalue weighted by Gasteiger charge is -2.19. The van der Waals surface area contributed by atoms with Crippen molar-refractivity contribution < 1.29 is 18.7 Å². The Kier molecular flexibility index (Phi) is 3.64. The number of methoxy groups -OCH3 is 1. The van der Waals surface area contributed by atoms with Gasteiger partial charge in [-0.2, -0.15) is 0 Å². The second-order valence-corrected chi connectivity index (χ2v) is 6.41. The first-order valence-electron chi connectivity index (χ1n) is 7.62. The van der Waals surface area contributed by atoms with E-state index in [2.05, 4.69) is 6.92 Å². The number of carbonyl (C=O) groups excluding carboxylic acids is 1. The molecule has 2 aliphatic rings. The maximum absolute atomic E-state index is 14.4. The highest BCUT2D eigenvalue weighted by Crippen LogP contribution is 2.49. The zero-order valence-electron chi connectivity index (χ0n) is 12.6. The van der Waals surface area contributed by atoms with Gasteiger partial charge >= 0.3 is 5.97 Å². The van der Waals surface area contributed by atoms with Gasteiger partial charge in [-0.05, 0) is 61.6 Å². The van der Waals surface area contributed by atoms with Gasteiger partial charge in [-0.3, -0.25) is 0 Å². The number of esters is 1. The third kappa shape index (κ3) is 2.76. The van der Waals surface area contributed by atoms with Gasteiger partial charge in [0.15, 0.2) is 0 Å². The van der Waals surface area contributed by atoms with E-state index in [1.165, 1.54) is 13.2 Å². The quantitative estimate of drug-likeness (QED) is 0.787. The van der Waals surface area contributed by atoms with Gasteiger partial charge in [0.05, 0.1) is 13.2 Å². The summed E-state index contributed by atoms with van der Waals surface area (Å²) in [6, 6.07) is 3.29. The van der Waals surface area contributed by atoms with Crippen molar-refractivity contribution in [2.24, 2.45) is 0 Å². The van der Waals surface area contributed by atoms with Gasteiger partial charge in [0, 0.05) is 0 Å². The minimum Gasteiger partial charge on any atom is -0.489 e. The van der Waals surface area contributed by atoms with E-state index in [4.69, 9.17) is 9.47 Å². The van der Waals surface area contributed by atoms with E-state index in [9.17, 15) is 9.18 Å². The molecule has 0 atom stereocenters. The SMILES string of the molecule is COC(=O)c1c(F)cc(C2(C)CC2)cc1OC1CCCC1. The number of carbonyl (C=O) groups is 1. The monoisotopic (exact) mass is 292 g/mol. The third-order valence-corrected chi connectivity index (χ3v) is 4.74. The van der Waals surface area contributed by atoms with E-state index < -0.39 is 11.8 Å². The number of ether oxygens (including phenoxy) is 2. The van der Waals surface area contributed by atoms with E-state index in [1.54, 1.807) is 0 Å². The Morgan fingerprint density at radius 2 is 1.95 bits per heavy atom. The topological polar surface area (TPSA) is 35.5 Å². The molecule has 2 saturated carbocycles. The van der Waals surface area contributed by atoms with Crippen LogP contribution < -0.4 is 4.74 Å². The van der Waals surface area contributed by atoms with Crippen LogP contribution in [0.2, 0.25) is 0 Å². The summed E-state index contributed by atoms with van der Waals surface area (Å²) >= 11 is 0. The van der Waals surface area contributed by atoms with Crippen molar-refractivity contribution in [3.05, 3.63) is 29.1 Å². The standard InChI is InChI=1S/C17H21FO3/c1-17(7-8-17)11-9-13(18)15(16(19)20-2)14(10-11)21-12-5-3-4-6-12/h9-10,12H,3-8H2,1-2H3. The fourth-order valence-electron chi connectivity index (χ4n) is 2.98. The van der Waals surface area contributed by atoms with E-state index in [0.717, 1.165) is 44.1 Å². The molecule has 1 aromatic rings. The van der Waals surface area contributed by atoms with Gasteiger partial charge in [-0.25, -0.2) is 9.18 Å². The maximum Gasteiger partial charge on any atom is 0.344 e. The summed E-state index contributed by atoms with van der Waals surface area (Å²) in [5, 5.41) is 0. The molecule has 1 aromatic carbocycles. The Labute approximate surface area is 124 Å². The summed E-state index contributed by atoms with van der Waals surface area (Å²) in [5.74, 6) is -0.870. The summed E-state index contributed by atoms with van der Waals surface area (Å²) < 4.78 is 25.0. The van der Waals surface area contributed by atoms with Crippen molar-refractivity contribution in [1.82, 2.24) is 0 Å². The minimum atomic E-state index is -0.673. The van der Waals surface area contributed by atoms with E-state index >= 15 is 0 Å². The molecule has 3 nitrogen and oxygen atoms in total. The fourth-order valence-corrected chi connectivity index (χ4v) is 2.98. The van der Waals surface area contributed by atoms with Gasteiger partial charge in [0.25, 0.3) is 0 Å². The van der Waals surface area contributed by atoms with Crippen LogP contribution in [0.1, 0.15) is 61.4 Å². The Hall–Kier alpha value is -1.58. The maximum atomic E-state index is 14.4. The van der Waals surface area contributed by atoms with E-state index in [-0.39, 0.29) is 17.1 Å². The van der Waals surface area contributed by atoms with Crippen molar-refractivity contribution in [2.75, 3.05) is 7.11 Å². The first kappa shape index (κ1) is 14.4. The molecule has 3 rings (SSSR count). The van der Waals surface area contributed by atoms with Crippen LogP contribution in [0.5, 0.6) is 5.75 Å². The van der Waals surface area contributed by atoms with Crippen molar-refractivity contribution in [2.45, 2.75) is 57.0 Å². The lowest BCUT2D eigenvalue weighted by atomic mass is 9.96. The van der Waals surface area contributed by atoms with E-state index in [1.807, 2.05) is 6.07 Å². The molecule has 0 radical (unpaired) electrons. The Morgan fingerprint density at radius 1 is 1.29 bits per heavy atom. The van der Waals surface area contributed by atoms with Crippen LogP contribution in [0.25, 0.3) is 0 Å². The third-order valence-electron chi connectivity index (χ3n) is 4.74. The van der Waals surface area contributed by atoms with Gasteiger partial charge < -0.3 is 9.47 Å². The normalized spacial score (nSPS) is 20.3. The molecule has 0 amide bonds. The van der Waals surface area contributed by atoms with Gasteiger partial charge in [0.2, 0.25) is 0 Å². The highest BCUT2D eigenvalue weighted by Gasteiger charge is 2.40. The van der Waals surface area contributed by atoms with Gasteiger partial charge in [-0.15, -0.1) is 0 Å². The van der Waals surface area contributed by atoms with Gasteiger partial charge in [-0.1, -0.05) is 6.92 Å². The molecule has 4 heteroatoms. The van der Waals surface area contributed by atoms with Crippen LogP contribution in [-0.2, 0) is 10.2 Å². The van der Waals surface area contributed by atoms with Crippen LogP contribution in [0.3, 0.4) is 0 Å². The van der Waals surface area contributed by atoms with E-state index in [0.29, 0.717) is 5.75 Å². The second-order valence-electron chi connectivity index (χ2n) is 6.41. The Balaban J connectivity index is 1.99. The summed E-state index contributed by atoms with van der Waals surface area (Å²) in [5.41, 5.74) is 0.876. The first-order chi connectivity index (χ1) is 10.0.